The fraction of sp³-hybridized carbons (Fsp3) is 0.704. The first-order chi connectivity index (χ1) is 50.5. The van der Waals surface area contributed by atoms with Crippen molar-refractivity contribution in [3.8, 4) is 0 Å². The number of fused-ring (bicyclic) bond motifs is 2. The third kappa shape index (κ3) is 17.4. The molecule has 34 nitrogen and oxygen atoms in total. The van der Waals surface area contributed by atoms with Crippen LogP contribution in [0.4, 0.5) is 0 Å². The maximum absolute atomic E-state index is 14.2. The van der Waals surface area contributed by atoms with Gasteiger partial charge in [-0.3, -0.25) is 77.0 Å². The number of alkyl halides is 1. The molecule has 0 spiro atoms. The summed E-state index contributed by atoms with van der Waals surface area (Å²) >= 11 is 3.02. The SMILES string of the molecule is C=CC1CC(/C=C\C2CC(C=C)C3C(=O)N(CCOCCNC(=O)CNC(=O)C4CCCN4C(=O)C4CC(O)CN4C(=O)CNC(=O)C4CCCN4C(=O)C4CC(O)CN4C(=O)CNC(=O)C4CCCN4C(=O)C4CC(O)CN4C)C(=O)C23)C2C(=O)N(CCCOC(=O)C(C)(C)OC(Br)C(=O)OC)C(=O)C12. The summed E-state index contributed by atoms with van der Waals surface area (Å²) in [5, 5.41) is 40.7. The number of imide groups is 2. The van der Waals surface area contributed by atoms with Crippen LogP contribution in [-0.4, -0.2) is 321 Å². The number of nitrogens with zero attached hydrogens (tertiary/aromatic N) is 8. The number of esters is 2. The number of aliphatic hydroxyl groups is 3. The minimum atomic E-state index is -1.53. The van der Waals surface area contributed by atoms with Gasteiger partial charge in [-0.2, -0.15) is 0 Å². The zero-order valence-electron chi connectivity index (χ0n) is 60.3. The number of aliphatic hydroxyl groups excluding tert-OH is 3. The maximum atomic E-state index is 14.2. The quantitative estimate of drug-likeness (QED) is 0.0120. The molecule has 0 aromatic carbocycles. The molecule has 13 amide bonds. The second kappa shape index (κ2) is 34.9. The Kier molecular flexibility index (Phi) is 26.5. The second-order valence-electron chi connectivity index (χ2n) is 29.6. The highest BCUT2D eigenvalue weighted by molar-refractivity contribution is 9.09. The third-order valence-corrected chi connectivity index (χ3v) is 23.1. The number of carbonyl (C=O) groups excluding carboxylic acids is 15. The molecular formula is C71H99BrN12O22. The van der Waals surface area contributed by atoms with Crippen molar-refractivity contribution in [3.05, 3.63) is 37.5 Å². The van der Waals surface area contributed by atoms with E-state index >= 15 is 0 Å². The Hall–Kier alpha value is -8.09. The summed E-state index contributed by atoms with van der Waals surface area (Å²) < 4.78 is 21.2. The Balaban J connectivity index is 0.626. The van der Waals surface area contributed by atoms with E-state index in [2.05, 4.69) is 55.1 Å². The standard InChI is InChI=1S/C71H99BrN12O22/c1-7-38-27-40(56-54(38)65(97)81(67(56)99)22-12-24-105-70(102)71(3,4)106-58(72)69(101)103-6)16-17-41-28-39(8-2)55-57(41)68(100)82(66(55)98)23-26-104-25-18-73-51(88)32-74-59(91)45-13-10-20-79(45)63(95)49-30-43(86)36-83(49)53(90)34-76-61(93)47-15-11-21-80(47)64(96)50-31-44(87)37-84(50)52(89)33-75-60(92)46-14-9-19-78(46)62(94)48-29-42(85)35-77(48)5/h7-8,16-17,38-50,54-58,85-87H,1-2,9-15,18-37H2,3-6H3,(H,73,88)(H,74,91)(H,75,92)(H,76,93)/b17-16-. The molecule has 8 saturated heterocycles. The van der Waals surface area contributed by atoms with E-state index in [9.17, 15) is 87.2 Å². The molecular weight excluding hydrogens is 1450 g/mol. The molecule has 0 aromatic rings. The number of likely N-dealkylation sites (N-methyl/N-ethyl adjacent to an activating group) is 1. The van der Waals surface area contributed by atoms with Crippen LogP contribution in [-0.2, 0) is 90.9 Å². The monoisotopic (exact) mass is 1550 g/mol. The molecule has 582 valence electrons. The van der Waals surface area contributed by atoms with Crippen LogP contribution in [0.1, 0.15) is 90.9 Å². The van der Waals surface area contributed by atoms with Crippen molar-refractivity contribution >= 4 is 105 Å². The first kappa shape index (κ1) is 80.5. The first-order valence-electron chi connectivity index (χ1n) is 36.6. The summed E-state index contributed by atoms with van der Waals surface area (Å²) in [4.78, 5) is 214. The first-order valence-corrected chi connectivity index (χ1v) is 37.5. The van der Waals surface area contributed by atoms with Crippen molar-refractivity contribution in [1.29, 1.82) is 0 Å². The molecule has 10 fully saturated rings. The van der Waals surface area contributed by atoms with E-state index in [1.165, 1.54) is 45.5 Å². The fourth-order valence-electron chi connectivity index (χ4n) is 17.2. The van der Waals surface area contributed by atoms with Crippen LogP contribution in [0.25, 0.3) is 0 Å². The van der Waals surface area contributed by atoms with E-state index < -0.39 is 168 Å². The molecule has 0 aromatic heterocycles. The summed E-state index contributed by atoms with van der Waals surface area (Å²) in [6, 6.07) is -5.87. The van der Waals surface area contributed by atoms with Crippen molar-refractivity contribution in [2.45, 2.75) is 156 Å². The van der Waals surface area contributed by atoms with Crippen LogP contribution >= 0.6 is 15.9 Å². The molecule has 18 unspecified atom stereocenters. The predicted molar refractivity (Wildman–Crippen MR) is 372 cm³/mol. The number of amides is 13. The summed E-state index contributed by atoms with van der Waals surface area (Å²) in [5.41, 5.74) is -1.53. The number of hydrogen-bond acceptors (Lipinski definition) is 23. The number of rotatable bonds is 30. The van der Waals surface area contributed by atoms with Crippen molar-refractivity contribution in [3.63, 3.8) is 0 Å². The second-order valence-corrected chi connectivity index (χ2v) is 30.5. The molecule has 0 bridgehead atoms. The van der Waals surface area contributed by atoms with E-state index in [1.54, 1.807) is 24.1 Å². The van der Waals surface area contributed by atoms with Crippen LogP contribution in [0.2, 0.25) is 0 Å². The van der Waals surface area contributed by atoms with Crippen LogP contribution in [0.5, 0.6) is 0 Å². The fourth-order valence-corrected chi connectivity index (χ4v) is 17.9. The van der Waals surface area contributed by atoms with E-state index in [1.807, 2.05) is 12.2 Å². The number of hydrogen-bond donors (Lipinski definition) is 7. The summed E-state index contributed by atoms with van der Waals surface area (Å²) in [6.07, 6.45) is 7.46. The van der Waals surface area contributed by atoms with Crippen LogP contribution < -0.4 is 21.3 Å². The molecule has 2 aliphatic carbocycles. The van der Waals surface area contributed by atoms with E-state index in [4.69, 9.17) is 14.2 Å². The molecule has 7 N–H and O–H groups in total. The lowest BCUT2D eigenvalue weighted by atomic mass is 9.86. The predicted octanol–water partition coefficient (Wildman–Crippen LogP) is -3.55. The van der Waals surface area contributed by atoms with Gasteiger partial charge in [-0.1, -0.05) is 24.3 Å². The average molecular weight is 1550 g/mol. The molecule has 18 atom stereocenters. The summed E-state index contributed by atoms with van der Waals surface area (Å²) in [7, 11) is 2.89. The van der Waals surface area contributed by atoms with Gasteiger partial charge in [-0.05, 0) is 125 Å². The van der Waals surface area contributed by atoms with Gasteiger partial charge in [0.1, 0.15) is 30.2 Å². The maximum Gasteiger partial charge on any atom is 0.346 e. The lowest BCUT2D eigenvalue weighted by Crippen LogP contribution is -2.56. The van der Waals surface area contributed by atoms with Crippen molar-refractivity contribution in [1.82, 2.24) is 60.5 Å². The number of methoxy groups -OCH3 is 1. The number of allylic oxidation sites excluding steroid dienone is 4. The number of carbonyl (C=O) groups is 15. The number of likely N-dealkylation sites (tertiary alicyclic amines) is 8. The Morgan fingerprint density at radius 1 is 0.538 bits per heavy atom. The molecule has 8 heterocycles. The van der Waals surface area contributed by atoms with Crippen molar-refractivity contribution in [2.75, 3.05) is 113 Å². The molecule has 10 rings (SSSR count). The molecule has 2 saturated carbocycles. The zero-order valence-corrected chi connectivity index (χ0v) is 61.8. The van der Waals surface area contributed by atoms with Crippen LogP contribution in [0.15, 0.2) is 37.5 Å². The Bertz CT molecular complexity index is 3490. The highest BCUT2D eigenvalue weighted by Crippen LogP contribution is 2.52. The lowest BCUT2D eigenvalue weighted by Gasteiger charge is -2.32. The van der Waals surface area contributed by atoms with Gasteiger partial charge in [0.15, 0.2) is 5.60 Å². The Morgan fingerprint density at radius 2 is 0.953 bits per heavy atom. The van der Waals surface area contributed by atoms with E-state index in [0.29, 0.717) is 51.6 Å². The highest BCUT2D eigenvalue weighted by atomic mass is 79.9. The van der Waals surface area contributed by atoms with Crippen LogP contribution in [0, 0.1) is 47.3 Å². The van der Waals surface area contributed by atoms with Crippen molar-refractivity contribution < 1.29 is 106 Å². The Labute approximate surface area is 622 Å². The van der Waals surface area contributed by atoms with E-state index in [0.717, 1.165) is 9.80 Å². The van der Waals surface area contributed by atoms with Crippen LogP contribution in [0.3, 0.4) is 0 Å². The largest absolute Gasteiger partial charge is 0.466 e. The number of halogens is 1. The number of ether oxygens (including phenoxy) is 4. The van der Waals surface area contributed by atoms with Gasteiger partial charge in [0.05, 0.1) is 101 Å². The highest BCUT2D eigenvalue weighted by Gasteiger charge is 2.60. The minimum absolute atomic E-state index is 0.00690. The normalized spacial score (nSPS) is 31.1. The van der Waals surface area contributed by atoms with Gasteiger partial charge < -0.3 is 80.0 Å². The summed E-state index contributed by atoms with van der Waals surface area (Å²) in [6.45, 7) is 9.28. The third-order valence-electron chi connectivity index (χ3n) is 22.5. The molecule has 10 aliphatic rings. The Morgan fingerprint density at radius 3 is 1.39 bits per heavy atom. The molecule has 106 heavy (non-hydrogen) atoms. The number of nitrogens with one attached hydrogen (secondary N) is 4. The molecule has 8 aliphatic heterocycles. The molecule has 35 heteroatoms. The van der Waals surface area contributed by atoms with Gasteiger partial charge in [0.25, 0.3) is 0 Å². The average Bonchev–Trinajstić information content (AvgIpc) is 1.59. The number of β-amino-alcohol motifs (C(OH)–C–C–N with tert-alkyl or cyclic N) is 3. The van der Waals surface area contributed by atoms with Crippen molar-refractivity contribution in [2.24, 2.45) is 47.3 Å². The zero-order chi connectivity index (χ0) is 76.7. The minimum Gasteiger partial charge on any atom is -0.466 e. The topological polar surface area (TPSA) is 428 Å². The van der Waals surface area contributed by atoms with Gasteiger partial charge in [0.2, 0.25) is 81.8 Å². The molecule has 0 radical (unpaired) electrons. The van der Waals surface area contributed by atoms with Gasteiger partial charge in [0, 0.05) is 65.2 Å². The summed E-state index contributed by atoms with van der Waals surface area (Å²) in [5.74, 6) is -12.4. The van der Waals surface area contributed by atoms with Gasteiger partial charge in [-0.25, -0.2) is 9.59 Å². The van der Waals surface area contributed by atoms with Gasteiger partial charge in [-0.15, -0.1) is 13.2 Å². The van der Waals surface area contributed by atoms with E-state index in [-0.39, 0.29) is 157 Å². The lowest BCUT2D eigenvalue weighted by molar-refractivity contribution is -0.175. The van der Waals surface area contributed by atoms with Gasteiger partial charge >= 0.3 is 11.9 Å². The smallest absolute Gasteiger partial charge is 0.346 e.